The molecule has 0 saturated carbocycles. The van der Waals surface area contributed by atoms with Crippen molar-refractivity contribution in [1.82, 2.24) is 0 Å². The predicted octanol–water partition coefficient (Wildman–Crippen LogP) is 5.14. The molecule has 142 valence electrons. The van der Waals surface area contributed by atoms with E-state index < -0.39 is 17.4 Å². The van der Waals surface area contributed by atoms with Gasteiger partial charge in [-0.2, -0.15) is 0 Å². The quantitative estimate of drug-likeness (QED) is 0.296. The molecular weight excluding hydrogens is 304 g/mol. The fraction of sp³-hybridized carbons (Fsp3) is 0.900. The van der Waals surface area contributed by atoms with Crippen LogP contribution in [0.1, 0.15) is 87.5 Å². The van der Waals surface area contributed by atoms with E-state index in [9.17, 15) is 9.59 Å². The van der Waals surface area contributed by atoms with Gasteiger partial charge in [0.15, 0.2) is 5.41 Å². The summed E-state index contributed by atoms with van der Waals surface area (Å²) in [6, 6.07) is 0. The van der Waals surface area contributed by atoms with Crippen molar-refractivity contribution in [2.45, 2.75) is 99.7 Å². The highest BCUT2D eigenvalue weighted by Crippen LogP contribution is 2.37. The lowest BCUT2D eigenvalue weighted by molar-refractivity contribution is -0.179. The summed E-state index contributed by atoms with van der Waals surface area (Å²) in [6.45, 7) is 15.6. The average molecular weight is 343 g/mol. The van der Waals surface area contributed by atoms with Crippen LogP contribution in [0.15, 0.2) is 0 Å². The van der Waals surface area contributed by atoms with Gasteiger partial charge in [-0.05, 0) is 52.4 Å². The van der Waals surface area contributed by atoms with E-state index in [2.05, 4.69) is 13.8 Å². The van der Waals surface area contributed by atoms with E-state index in [0.717, 1.165) is 19.3 Å². The molecule has 0 N–H and O–H groups in total. The highest BCUT2D eigenvalue weighted by Gasteiger charge is 2.49. The molecule has 0 rings (SSSR count). The van der Waals surface area contributed by atoms with Gasteiger partial charge in [0.2, 0.25) is 0 Å². The Morgan fingerprint density at radius 1 is 0.750 bits per heavy atom. The van der Waals surface area contributed by atoms with E-state index in [-0.39, 0.29) is 18.1 Å². The summed E-state index contributed by atoms with van der Waals surface area (Å²) in [5, 5.41) is 0. The number of rotatable bonds is 11. The summed E-state index contributed by atoms with van der Waals surface area (Å²) in [5.74, 6) is -0.0351. The molecule has 0 amide bonds. The van der Waals surface area contributed by atoms with E-state index in [4.69, 9.17) is 9.47 Å². The van der Waals surface area contributed by atoms with E-state index in [1.165, 1.54) is 0 Å². The Morgan fingerprint density at radius 2 is 1.21 bits per heavy atom. The highest BCUT2D eigenvalue weighted by molar-refractivity contribution is 6.00. The summed E-state index contributed by atoms with van der Waals surface area (Å²) in [7, 11) is 0. The summed E-state index contributed by atoms with van der Waals surface area (Å²) in [6.07, 6.45) is 3.39. The summed E-state index contributed by atoms with van der Waals surface area (Å²) < 4.78 is 10.9. The van der Waals surface area contributed by atoms with Crippen molar-refractivity contribution in [2.24, 2.45) is 17.3 Å². The molecular formula is C20H38O4. The van der Waals surface area contributed by atoms with E-state index in [0.29, 0.717) is 18.8 Å². The number of hydrogen-bond donors (Lipinski definition) is 0. The standard InChI is InChI=1S/C20H38O4/c1-14(2)11-9-10-12-20(13-15(3)4,18(21)23-16(5)6)19(22)24-17(7)8/h14-17H,9-13H2,1-8H3. The van der Waals surface area contributed by atoms with Crippen LogP contribution in [-0.2, 0) is 19.1 Å². The lowest BCUT2D eigenvalue weighted by Gasteiger charge is -2.32. The fourth-order valence-electron chi connectivity index (χ4n) is 2.89. The fourth-order valence-corrected chi connectivity index (χ4v) is 2.89. The molecule has 4 nitrogen and oxygen atoms in total. The van der Waals surface area contributed by atoms with Crippen LogP contribution in [0.4, 0.5) is 0 Å². The van der Waals surface area contributed by atoms with Gasteiger partial charge in [0.05, 0.1) is 12.2 Å². The van der Waals surface area contributed by atoms with Crippen molar-refractivity contribution in [2.75, 3.05) is 0 Å². The molecule has 24 heavy (non-hydrogen) atoms. The third kappa shape index (κ3) is 8.16. The second-order valence-corrected chi connectivity index (χ2v) is 8.23. The molecule has 0 aliphatic carbocycles. The molecule has 0 atom stereocenters. The molecule has 0 aromatic carbocycles. The predicted molar refractivity (Wildman–Crippen MR) is 97.7 cm³/mol. The molecule has 0 unspecified atom stereocenters. The van der Waals surface area contributed by atoms with Gasteiger partial charge in [0.1, 0.15) is 0 Å². The molecule has 0 radical (unpaired) electrons. The van der Waals surface area contributed by atoms with Gasteiger partial charge in [0, 0.05) is 0 Å². The SMILES string of the molecule is CC(C)CCCCC(CC(C)C)(C(=O)OC(C)C)C(=O)OC(C)C. The molecule has 0 aliphatic heterocycles. The number of carbonyl (C=O) groups excluding carboxylic acids is 2. The zero-order valence-electron chi connectivity index (χ0n) is 17.0. The van der Waals surface area contributed by atoms with Crippen molar-refractivity contribution in [3.8, 4) is 0 Å². The maximum absolute atomic E-state index is 12.8. The van der Waals surface area contributed by atoms with Crippen LogP contribution in [0.25, 0.3) is 0 Å². The summed E-state index contributed by atoms with van der Waals surface area (Å²) in [5.41, 5.74) is -1.18. The zero-order valence-corrected chi connectivity index (χ0v) is 17.0. The van der Waals surface area contributed by atoms with Crippen molar-refractivity contribution in [3.63, 3.8) is 0 Å². The van der Waals surface area contributed by atoms with Crippen LogP contribution in [-0.4, -0.2) is 24.1 Å². The van der Waals surface area contributed by atoms with Crippen molar-refractivity contribution >= 4 is 11.9 Å². The molecule has 0 aromatic rings. The minimum atomic E-state index is -1.18. The minimum Gasteiger partial charge on any atom is -0.462 e. The van der Waals surface area contributed by atoms with Crippen molar-refractivity contribution in [3.05, 3.63) is 0 Å². The van der Waals surface area contributed by atoms with Gasteiger partial charge in [-0.1, -0.05) is 47.0 Å². The smallest absolute Gasteiger partial charge is 0.323 e. The maximum Gasteiger partial charge on any atom is 0.323 e. The molecule has 4 heteroatoms. The van der Waals surface area contributed by atoms with E-state index in [1.54, 1.807) is 0 Å². The van der Waals surface area contributed by atoms with Crippen LogP contribution in [0, 0.1) is 17.3 Å². The molecule has 0 aromatic heterocycles. The van der Waals surface area contributed by atoms with Gasteiger partial charge < -0.3 is 9.47 Å². The van der Waals surface area contributed by atoms with Crippen molar-refractivity contribution in [1.29, 1.82) is 0 Å². The van der Waals surface area contributed by atoms with Gasteiger partial charge in [-0.15, -0.1) is 0 Å². The van der Waals surface area contributed by atoms with Crippen LogP contribution in [0.5, 0.6) is 0 Å². The molecule has 0 aliphatic rings. The normalized spacial score (nSPS) is 12.3. The molecule has 0 fully saturated rings. The Balaban J connectivity index is 5.41. The number of unbranched alkanes of at least 4 members (excludes halogenated alkanes) is 1. The average Bonchev–Trinajstić information content (AvgIpc) is 2.39. The van der Waals surface area contributed by atoms with Crippen molar-refractivity contribution < 1.29 is 19.1 Å². The Kier molecular flexibility index (Phi) is 10.3. The van der Waals surface area contributed by atoms with Gasteiger partial charge in [0.25, 0.3) is 0 Å². The number of esters is 2. The lowest BCUT2D eigenvalue weighted by Crippen LogP contribution is -2.44. The largest absolute Gasteiger partial charge is 0.462 e. The molecule has 0 saturated heterocycles. The maximum atomic E-state index is 12.8. The van der Waals surface area contributed by atoms with Gasteiger partial charge in [-0.3, -0.25) is 9.59 Å². The van der Waals surface area contributed by atoms with E-state index in [1.807, 2.05) is 41.5 Å². The first-order chi connectivity index (χ1) is 11.0. The van der Waals surface area contributed by atoms with Crippen LogP contribution in [0.2, 0.25) is 0 Å². The van der Waals surface area contributed by atoms with Crippen LogP contribution in [0.3, 0.4) is 0 Å². The summed E-state index contributed by atoms with van der Waals surface area (Å²) >= 11 is 0. The number of carbonyl (C=O) groups is 2. The number of hydrogen-bond acceptors (Lipinski definition) is 4. The zero-order chi connectivity index (χ0) is 18.9. The Hall–Kier alpha value is -1.06. The van der Waals surface area contributed by atoms with Gasteiger partial charge in [-0.25, -0.2) is 0 Å². The monoisotopic (exact) mass is 342 g/mol. The third-order valence-electron chi connectivity index (χ3n) is 3.86. The molecule has 0 bridgehead atoms. The first-order valence-electron chi connectivity index (χ1n) is 9.43. The second-order valence-electron chi connectivity index (χ2n) is 8.23. The third-order valence-corrected chi connectivity index (χ3v) is 3.86. The first kappa shape index (κ1) is 22.9. The first-order valence-corrected chi connectivity index (χ1v) is 9.43. The van der Waals surface area contributed by atoms with Gasteiger partial charge >= 0.3 is 11.9 Å². The van der Waals surface area contributed by atoms with Crippen LogP contribution >= 0.6 is 0 Å². The second kappa shape index (κ2) is 10.7. The topological polar surface area (TPSA) is 52.6 Å². The Morgan fingerprint density at radius 3 is 1.54 bits per heavy atom. The summed E-state index contributed by atoms with van der Waals surface area (Å²) in [4.78, 5) is 25.7. The highest BCUT2D eigenvalue weighted by atomic mass is 16.6. The van der Waals surface area contributed by atoms with Crippen LogP contribution < -0.4 is 0 Å². The minimum absolute atomic E-state index is 0.203. The Bertz CT molecular complexity index is 361. The number of ether oxygens (including phenoxy) is 2. The van der Waals surface area contributed by atoms with E-state index >= 15 is 0 Å². The Labute approximate surface area is 148 Å². The molecule has 0 spiro atoms. The lowest BCUT2D eigenvalue weighted by atomic mass is 9.75. The molecule has 0 heterocycles.